The lowest BCUT2D eigenvalue weighted by molar-refractivity contribution is 0.176. The molecule has 9 aromatic rings. The molecule has 20 heteroatoms. The van der Waals surface area contributed by atoms with Crippen LogP contribution in [0.4, 0.5) is 8.78 Å². The number of para-hydroxylation sites is 2. The smallest absolute Gasteiger partial charge is 0.226 e. The average molecular weight is 1310 g/mol. The van der Waals surface area contributed by atoms with Gasteiger partial charge < -0.3 is 14.0 Å². The molecule has 13 rings (SSSR count). The van der Waals surface area contributed by atoms with Gasteiger partial charge in [0, 0.05) is 65.8 Å². The Morgan fingerprint density at radius 1 is 0.728 bits per heavy atom. The van der Waals surface area contributed by atoms with Gasteiger partial charge >= 0.3 is 0 Å². The molecule has 5 aromatic carbocycles. The molecule has 6 heterocycles. The highest BCUT2D eigenvalue weighted by Gasteiger charge is 2.41. The molecule has 81 heavy (non-hydrogen) atoms. The maximum Gasteiger partial charge on any atom is 0.226 e. The third kappa shape index (κ3) is 12.4. The molecule has 0 N–H and O–H groups in total. The summed E-state index contributed by atoms with van der Waals surface area (Å²) in [6.07, 6.45) is 7.84. The number of ether oxygens (including phenoxy) is 2. The van der Waals surface area contributed by atoms with Crippen molar-refractivity contribution in [3.63, 3.8) is 0 Å². The molecule has 2 aliphatic carbocycles. The van der Waals surface area contributed by atoms with Crippen molar-refractivity contribution >= 4 is 139 Å². The fourth-order valence-corrected chi connectivity index (χ4v) is 16.2. The molecule has 4 aromatic heterocycles. The molecular weight excluding hydrogens is 1250 g/mol. The van der Waals surface area contributed by atoms with E-state index in [0.29, 0.717) is 61.7 Å². The fourth-order valence-electron chi connectivity index (χ4n) is 9.29. The van der Waals surface area contributed by atoms with Crippen LogP contribution in [0.2, 0.25) is 20.1 Å². The Kier molecular flexibility index (Phi) is 17.2. The summed E-state index contributed by atoms with van der Waals surface area (Å²) in [7, 11) is -3.22. The van der Waals surface area contributed by atoms with E-state index in [9.17, 15) is 13.3 Å². The molecule has 422 valence electrons. The number of benzene rings is 5. The van der Waals surface area contributed by atoms with Gasteiger partial charge in [-0.1, -0.05) is 131 Å². The van der Waals surface area contributed by atoms with E-state index in [4.69, 9.17) is 70.8 Å². The number of hydrogen-bond donors (Lipinski definition) is 0. The van der Waals surface area contributed by atoms with Crippen molar-refractivity contribution in [3.05, 3.63) is 170 Å². The van der Waals surface area contributed by atoms with E-state index in [-0.39, 0.29) is 22.8 Å². The predicted molar refractivity (Wildman–Crippen MR) is 340 cm³/mol. The molecule has 2 fully saturated rings. The first-order valence-electron chi connectivity index (χ1n) is 26.0. The van der Waals surface area contributed by atoms with Crippen molar-refractivity contribution in [1.29, 1.82) is 0 Å². The summed E-state index contributed by atoms with van der Waals surface area (Å²) in [5.41, 5.74) is 7.34. The van der Waals surface area contributed by atoms with Gasteiger partial charge in [0.2, 0.25) is 12.5 Å². The number of halogens is 7. The van der Waals surface area contributed by atoms with Crippen LogP contribution >= 0.6 is 100 Å². The number of rotatable bonds is 8. The number of fused-ring (bicyclic) bond motifs is 7. The van der Waals surface area contributed by atoms with Gasteiger partial charge in [0.05, 0.1) is 64.3 Å². The number of aliphatic imine (C=N–C) groups is 1. The Balaban J connectivity index is 0.000000137. The molecule has 0 bridgehead atoms. The second-order valence-corrected chi connectivity index (χ2v) is 33.8. The molecule has 4 atom stereocenters. The molecule has 9 nitrogen and oxygen atoms in total. The van der Waals surface area contributed by atoms with Gasteiger partial charge in [0.15, 0.2) is 0 Å². The molecule has 0 amide bonds. The van der Waals surface area contributed by atoms with Crippen molar-refractivity contribution < 1.29 is 22.8 Å². The lowest BCUT2D eigenvalue weighted by Gasteiger charge is -2.33. The summed E-state index contributed by atoms with van der Waals surface area (Å²) in [4.78, 5) is 25.5. The molecule has 0 radical (unpaired) electrons. The van der Waals surface area contributed by atoms with Crippen LogP contribution in [0.5, 0.6) is 11.5 Å². The minimum atomic E-state index is -2.65. The zero-order valence-corrected chi connectivity index (χ0v) is 53.0. The SMILES string of the molecule is C.C[P@@](c1nc2ccccc2nc1[P@@](C)(=O)C(C)(C)C)C(C)(C)C.Fc1cc(Cl)cc2c1-c1cc3cc(Cl)ccc3n1[C@H](c1cnc(C3CC3)s1)O2.Fc1cc(Cl)cc2c1C(Cc1cc(Cl)ccc1Br)=NC(c1cnc(C3CC3)s1)O2. The lowest BCUT2D eigenvalue weighted by Crippen LogP contribution is -2.38. The Hall–Kier alpha value is -4.33. The monoisotopic (exact) mass is 1310 g/mol. The largest absolute Gasteiger partial charge is 0.464 e. The number of hydrogen-bond acceptors (Lipinski definition) is 10. The Labute approximate surface area is 509 Å². The zero-order valence-electron chi connectivity index (χ0n) is 44.9. The van der Waals surface area contributed by atoms with E-state index >= 15 is 0 Å². The summed E-state index contributed by atoms with van der Waals surface area (Å²) >= 11 is 31.4. The summed E-state index contributed by atoms with van der Waals surface area (Å²) < 4.78 is 58.6. The quantitative estimate of drug-likeness (QED) is 0.140. The summed E-state index contributed by atoms with van der Waals surface area (Å²) in [5.74, 6) is 1.11. The van der Waals surface area contributed by atoms with Gasteiger partial charge in [0.1, 0.15) is 35.7 Å². The summed E-state index contributed by atoms with van der Waals surface area (Å²) in [6, 6.07) is 26.9. The second-order valence-electron chi connectivity index (χ2n) is 22.5. The normalized spacial score (nSPS) is 17.6. The van der Waals surface area contributed by atoms with E-state index in [0.717, 1.165) is 68.3 Å². The first-order valence-corrected chi connectivity index (χ1v) is 33.9. The van der Waals surface area contributed by atoms with Gasteiger partial charge in [0.25, 0.3) is 0 Å². The topological polar surface area (TPSA) is 104 Å². The zero-order chi connectivity index (χ0) is 56.7. The number of nitrogens with zero attached hydrogens (tertiary/aromatic N) is 6. The van der Waals surface area contributed by atoms with Gasteiger partial charge in [-0.2, -0.15) is 0 Å². The Bertz CT molecular complexity index is 3990. The molecule has 0 saturated heterocycles. The maximum absolute atomic E-state index is 14.9. The minimum Gasteiger partial charge on any atom is -0.464 e. The van der Waals surface area contributed by atoms with E-state index in [2.05, 4.69) is 53.3 Å². The van der Waals surface area contributed by atoms with Crippen LogP contribution < -0.4 is 20.3 Å². The van der Waals surface area contributed by atoms with Crippen molar-refractivity contribution in [1.82, 2.24) is 24.5 Å². The predicted octanol–water partition coefficient (Wildman–Crippen LogP) is 19.6. The van der Waals surface area contributed by atoms with Gasteiger partial charge in [-0.05, 0) is 129 Å². The Morgan fingerprint density at radius 2 is 1.30 bits per heavy atom. The van der Waals surface area contributed by atoms with Crippen LogP contribution in [0.25, 0.3) is 33.2 Å². The van der Waals surface area contributed by atoms with Crippen LogP contribution in [0.3, 0.4) is 0 Å². The highest BCUT2D eigenvalue weighted by molar-refractivity contribution is 9.10. The maximum atomic E-state index is 14.9. The molecular formula is C61H59BrCl4F2N6O3P2S2. The van der Waals surface area contributed by atoms with Crippen LogP contribution in [-0.2, 0) is 11.0 Å². The van der Waals surface area contributed by atoms with Crippen molar-refractivity contribution in [2.24, 2.45) is 4.99 Å². The number of thiazole rings is 2. The standard InChI is InChI=1S/C21H14BrCl2FN2OS.C21H13Cl2FN2OS.C18H28N2OP2.CH4/c22-14-4-3-12(23)5-11(14)6-16-19-15(25)7-13(24)8-17(19)28-20(27-16)18-9-26-21(29-18)10-1-2-10;22-12-3-4-15-11(5-12)6-16-19-14(24)7-13(23)8-17(19)27-21(26(15)16)18-9-25-20(28-18)10-1-2-10;1-17(2,3)22(7)15-16(23(8,21)18(4,5)6)20-14-12-10-9-11-13(14)19-15;/h3-5,7-10,20H,1-2,6H2;3-10,21H,1-2H2;9-12H,1-8H3;1H4/t;21-;22-,23+;/m.00./s1. The van der Waals surface area contributed by atoms with Gasteiger partial charge in [-0.25, -0.2) is 33.7 Å². The molecule has 1 unspecified atom stereocenters. The second kappa shape index (κ2) is 23.3. The van der Waals surface area contributed by atoms with Gasteiger partial charge in [-0.3, -0.25) is 4.57 Å². The van der Waals surface area contributed by atoms with Gasteiger partial charge in [-0.15, -0.1) is 22.7 Å². The minimum absolute atomic E-state index is 0. The van der Waals surface area contributed by atoms with E-state index in [1.54, 1.807) is 40.9 Å². The first kappa shape index (κ1) is 59.8. The summed E-state index contributed by atoms with van der Waals surface area (Å²) in [5, 5.41) is 4.80. The molecule has 2 aliphatic heterocycles. The van der Waals surface area contributed by atoms with Crippen LogP contribution in [0, 0.1) is 11.6 Å². The molecule has 2 saturated carbocycles. The van der Waals surface area contributed by atoms with E-state index < -0.39 is 39.2 Å². The van der Waals surface area contributed by atoms with E-state index in [1.165, 1.54) is 37.8 Å². The van der Waals surface area contributed by atoms with Crippen LogP contribution in [-0.4, -0.2) is 53.9 Å². The fraction of sp³-hybridized carbons (Fsp3) is 0.328. The van der Waals surface area contributed by atoms with E-state index in [1.807, 2.05) is 105 Å². The first-order chi connectivity index (χ1) is 37.9. The molecule has 4 aliphatic rings. The summed E-state index contributed by atoms with van der Waals surface area (Å²) in [6.45, 7) is 16.8. The number of aromatic nitrogens is 5. The van der Waals surface area contributed by atoms with Crippen LogP contribution in [0.1, 0.15) is 130 Å². The highest BCUT2D eigenvalue weighted by Crippen LogP contribution is 2.56. The lowest BCUT2D eigenvalue weighted by atomic mass is 9.99. The third-order valence-corrected chi connectivity index (χ3v) is 25.6. The van der Waals surface area contributed by atoms with Crippen molar-refractivity contribution in [2.75, 3.05) is 13.3 Å². The van der Waals surface area contributed by atoms with Crippen LogP contribution in [0.15, 0.2) is 113 Å². The Morgan fingerprint density at radius 3 is 1.91 bits per heavy atom. The highest BCUT2D eigenvalue weighted by atomic mass is 79.9. The third-order valence-electron chi connectivity index (χ3n) is 14.7. The van der Waals surface area contributed by atoms with Crippen molar-refractivity contribution in [3.8, 4) is 22.8 Å². The average Bonchev–Trinajstić information content (AvgIpc) is 4.18. The van der Waals surface area contributed by atoms with Crippen molar-refractivity contribution in [2.45, 2.75) is 116 Å². The molecule has 0 spiro atoms.